The van der Waals surface area contributed by atoms with E-state index in [0.717, 1.165) is 16.8 Å². The van der Waals surface area contributed by atoms with Gasteiger partial charge in [0.05, 0.1) is 0 Å². The Labute approximate surface area is 127 Å². The zero-order valence-electron chi connectivity index (χ0n) is 9.88. The first-order valence-corrected chi connectivity index (χ1v) is 7.18. The Balaban J connectivity index is 2.24. The second-order valence-electron chi connectivity index (χ2n) is 3.97. The van der Waals surface area contributed by atoms with Crippen LogP contribution in [0.1, 0.15) is 21.7 Å². The molecule has 1 N–H and O–H groups in total. The van der Waals surface area contributed by atoms with E-state index in [-0.39, 0.29) is 11.7 Å². The number of carbonyl (C=O) groups is 1. The molecule has 1 amide bonds. The van der Waals surface area contributed by atoms with Crippen LogP contribution in [0.3, 0.4) is 0 Å². The molecule has 0 aliphatic rings. The molecule has 0 fully saturated rings. The lowest BCUT2D eigenvalue weighted by Gasteiger charge is -2.09. The normalized spacial score (nSPS) is 10.4. The third-order valence-corrected chi connectivity index (χ3v) is 4.14. The fraction of sp³-hybridized carbons (Fsp3) is 0.154. The second-order valence-corrected chi connectivity index (χ2v) is 5.92. The summed E-state index contributed by atoms with van der Waals surface area (Å²) >= 11 is 5.45. The van der Waals surface area contributed by atoms with Crippen molar-refractivity contribution in [3.05, 3.63) is 49.4 Å². The SMILES string of the molecule is Cc1cc(NC(=O)c2ccc(Br)o2)c(C)cc1I. The number of hydrogen-bond donors (Lipinski definition) is 1. The number of carbonyl (C=O) groups excluding carboxylic acids is 1. The Morgan fingerprint density at radius 3 is 2.61 bits per heavy atom. The summed E-state index contributed by atoms with van der Waals surface area (Å²) in [7, 11) is 0. The highest BCUT2D eigenvalue weighted by Crippen LogP contribution is 2.23. The molecule has 2 rings (SSSR count). The number of anilines is 1. The summed E-state index contributed by atoms with van der Waals surface area (Å²) < 4.78 is 6.94. The average Bonchev–Trinajstić information content (AvgIpc) is 2.73. The molecule has 2 aromatic rings. The molecule has 0 saturated heterocycles. The maximum absolute atomic E-state index is 11.9. The summed E-state index contributed by atoms with van der Waals surface area (Å²) in [6, 6.07) is 7.34. The van der Waals surface area contributed by atoms with Crippen LogP contribution in [0.2, 0.25) is 0 Å². The predicted octanol–water partition coefficient (Wildman–Crippen LogP) is 4.52. The van der Waals surface area contributed by atoms with Gasteiger partial charge in [-0.05, 0) is 87.8 Å². The van der Waals surface area contributed by atoms with Gasteiger partial charge in [0.2, 0.25) is 0 Å². The van der Waals surface area contributed by atoms with Crippen LogP contribution in [0.4, 0.5) is 5.69 Å². The van der Waals surface area contributed by atoms with E-state index in [1.165, 1.54) is 3.57 Å². The molecule has 18 heavy (non-hydrogen) atoms. The lowest BCUT2D eigenvalue weighted by molar-refractivity contribution is 0.0995. The molecule has 0 aliphatic carbocycles. The van der Waals surface area contributed by atoms with Gasteiger partial charge in [-0.2, -0.15) is 0 Å². The Morgan fingerprint density at radius 2 is 2.00 bits per heavy atom. The predicted molar refractivity (Wildman–Crippen MR) is 83.0 cm³/mol. The van der Waals surface area contributed by atoms with E-state index in [9.17, 15) is 4.79 Å². The van der Waals surface area contributed by atoms with E-state index in [4.69, 9.17) is 4.42 Å². The molecular weight excluding hydrogens is 409 g/mol. The molecule has 0 atom stereocenters. The van der Waals surface area contributed by atoms with Crippen LogP contribution in [-0.4, -0.2) is 5.91 Å². The first-order chi connectivity index (χ1) is 8.47. The quantitative estimate of drug-likeness (QED) is 0.727. The summed E-state index contributed by atoms with van der Waals surface area (Å²) in [4.78, 5) is 11.9. The molecule has 1 aromatic heterocycles. The molecular formula is C13H11BrINO2. The lowest BCUT2D eigenvalue weighted by Crippen LogP contribution is -2.12. The summed E-state index contributed by atoms with van der Waals surface area (Å²) in [5.41, 5.74) is 2.98. The fourth-order valence-electron chi connectivity index (χ4n) is 1.54. The Hall–Kier alpha value is -0.820. The van der Waals surface area contributed by atoms with E-state index in [2.05, 4.69) is 43.8 Å². The lowest BCUT2D eigenvalue weighted by atomic mass is 10.1. The minimum atomic E-state index is -0.246. The summed E-state index contributed by atoms with van der Waals surface area (Å²) in [5, 5.41) is 2.85. The summed E-state index contributed by atoms with van der Waals surface area (Å²) in [5.74, 6) is 0.0434. The number of amides is 1. The van der Waals surface area contributed by atoms with Crippen molar-refractivity contribution in [1.29, 1.82) is 0 Å². The van der Waals surface area contributed by atoms with Gasteiger partial charge in [0.25, 0.3) is 5.91 Å². The number of aryl methyl sites for hydroxylation is 2. The van der Waals surface area contributed by atoms with Crippen LogP contribution in [0, 0.1) is 17.4 Å². The maximum Gasteiger partial charge on any atom is 0.291 e. The molecule has 0 saturated carbocycles. The van der Waals surface area contributed by atoms with Crippen LogP contribution < -0.4 is 5.32 Å². The molecule has 1 heterocycles. The van der Waals surface area contributed by atoms with Crippen LogP contribution >= 0.6 is 38.5 Å². The van der Waals surface area contributed by atoms with Crippen molar-refractivity contribution in [2.24, 2.45) is 0 Å². The monoisotopic (exact) mass is 419 g/mol. The van der Waals surface area contributed by atoms with E-state index in [0.29, 0.717) is 4.67 Å². The van der Waals surface area contributed by atoms with Gasteiger partial charge in [-0.3, -0.25) is 4.79 Å². The first-order valence-electron chi connectivity index (χ1n) is 5.31. The molecule has 0 aliphatic heterocycles. The van der Waals surface area contributed by atoms with Gasteiger partial charge >= 0.3 is 0 Å². The molecule has 5 heteroatoms. The van der Waals surface area contributed by atoms with Crippen molar-refractivity contribution < 1.29 is 9.21 Å². The minimum absolute atomic E-state index is 0.246. The summed E-state index contributed by atoms with van der Waals surface area (Å²) in [6.45, 7) is 3.98. The maximum atomic E-state index is 11.9. The Morgan fingerprint density at radius 1 is 1.28 bits per heavy atom. The van der Waals surface area contributed by atoms with Gasteiger partial charge in [0.1, 0.15) is 0 Å². The molecule has 0 unspecified atom stereocenters. The van der Waals surface area contributed by atoms with E-state index >= 15 is 0 Å². The molecule has 0 spiro atoms. The van der Waals surface area contributed by atoms with Crippen molar-refractivity contribution in [2.75, 3.05) is 5.32 Å². The molecule has 0 bridgehead atoms. The highest BCUT2D eigenvalue weighted by atomic mass is 127. The fourth-order valence-corrected chi connectivity index (χ4v) is 2.47. The molecule has 0 radical (unpaired) electrons. The van der Waals surface area contributed by atoms with Gasteiger partial charge in [-0.15, -0.1) is 0 Å². The average molecular weight is 420 g/mol. The molecule has 94 valence electrons. The summed E-state index contributed by atoms with van der Waals surface area (Å²) in [6.07, 6.45) is 0. The van der Waals surface area contributed by atoms with Gasteiger partial charge in [-0.1, -0.05) is 0 Å². The van der Waals surface area contributed by atoms with E-state index in [1.54, 1.807) is 12.1 Å². The largest absolute Gasteiger partial charge is 0.444 e. The van der Waals surface area contributed by atoms with Crippen molar-refractivity contribution in [3.63, 3.8) is 0 Å². The topological polar surface area (TPSA) is 42.2 Å². The Kier molecular flexibility index (Phi) is 4.11. The third-order valence-electron chi connectivity index (χ3n) is 2.55. The van der Waals surface area contributed by atoms with Crippen molar-refractivity contribution in [3.8, 4) is 0 Å². The van der Waals surface area contributed by atoms with E-state index < -0.39 is 0 Å². The van der Waals surface area contributed by atoms with Crippen LogP contribution in [-0.2, 0) is 0 Å². The minimum Gasteiger partial charge on any atom is -0.444 e. The first kappa shape index (κ1) is 13.6. The number of halogens is 2. The van der Waals surface area contributed by atoms with Crippen LogP contribution in [0.25, 0.3) is 0 Å². The van der Waals surface area contributed by atoms with Gasteiger partial charge < -0.3 is 9.73 Å². The Bertz CT molecular complexity index is 607. The van der Waals surface area contributed by atoms with Crippen molar-refractivity contribution >= 4 is 50.1 Å². The molecule has 3 nitrogen and oxygen atoms in total. The zero-order valence-corrected chi connectivity index (χ0v) is 13.6. The number of nitrogens with one attached hydrogen (secondary N) is 1. The molecule has 1 aromatic carbocycles. The number of benzene rings is 1. The number of hydrogen-bond acceptors (Lipinski definition) is 2. The van der Waals surface area contributed by atoms with Gasteiger partial charge in [-0.25, -0.2) is 0 Å². The highest BCUT2D eigenvalue weighted by molar-refractivity contribution is 14.1. The van der Waals surface area contributed by atoms with Gasteiger partial charge in [0.15, 0.2) is 10.4 Å². The smallest absolute Gasteiger partial charge is 0.291 e. The number of rotatable bonds is 2. The van der Waals surface area contributed by atoms with Crippen molar-refractivity contribution in [2.45, 2.75) is 13.8 Å². The zero-order chi connectivity index (χ0) is 13.3. The van der Waals surface area contributed by atoms with Crippen LogP contribution in [0.15, 0.2) is 33.4 Å². The second kappa shape index (κ2) is 5.44. The third kappa shape index (κ3) is 2.95. The van der Waals surface area contributed by atoms with E-state index in [1.807, 2.05) is 26.0 Å². The number of furan rings is 1. The van der Waals surface area contributed by atoms with Gasteiger partial charge in [0, 0.05) is 9.26 Å². The standard InChI is InChI=1S/C13H11BrINO2/c1-7-6-10(8(2)5-9(7)15)16-13(17)11-3-4-12(14)18-11/h3-6H,1-2H3,(H,16,17). The van der Waals surface area contributed by atoms with Crippen molar-refractivity contribution in [1.82, 2.24) is 0 Å². The highest BCUT2D eigenvalue weighted by Gasteiger charge is 2.12. The van der Waals surface area contributed by atoms with Crippen LogP contribution in [0.5, 0.6) is 0 Å².